The van der Waals surface area contributed by atoms with Crippen molar-refractivity contribution in [1.82, 2.24) is 4.90 Å². The van der Waals surface area contributed by atoms with Crippen molar-refractivity contribution in [2.24, 2.45) is 0 Å². The molecule has 0 spiro atoms. The molecule has 0 saturated carbocycles. The van der Waals surface area contributed by atoms with Crippen molar-refractivity contribution in [2.75, 3.05) is 25.5 Å². The zero-order chi connectivity index (χ0) is 20.5. The van der Waals surface area contributed by atoms with Gasteiger partial charge in [-0.25, -0.2) is 0 Å². The van der Waals surface area contributed by atoms with Gasteiger partial charge in [0.15, 0.2) is 0 Å². The number of hydrogen-bond donors (Lipinski definition) is 1. The van der Waals surface area contributed by atoms with E-state index >= 15 is 0 Å². The van der Waals surface area contributed by atoms with Gasteiger partial charge in [-0.15, -0.1) is 0 Å². The number of nitrogens with zero attached hydrogens (tertiary/aromatic N) is 1. The van der Waals surface area contributed by atoms with E-state index in [4.69, 9.17) is 4.74 Å². The second kappa shape index (κ2) is 10.5. The molecular weight excluding hydrogens is 352 g/mol. The molecule has 0 unspecified atom stereocenters. The monoisotopic (exact) mass is 382 g/mol. The van der Waals surface area contributed by atoms with E-state index in [1.807, 2.05) is 32.0 Å². The van der Waals surface area contributed by atoms with Gasteiger partial charge in [-0.3, -0.25) is 9.59 Å². The first kappa shape index (κ1) is 21.5. The highest BCUT2D eigenvalue weighted by Gasteiger charge is 2.16. The Balaban J connectivity index is 1.89. The summed E-state index contributed by atoms with van der Waals surface area (Å²) in [7, 11) is 1.63. The molecule has 0 aliphatic carbocycles. The predicted octanol–water partition coefficient (Wildman–Crippen LogP) is 4.58. The van der Waals surface area contributed by atoms with Gasteiger partial charge in [0.05, 0.1) is 13.2 Å². The quantitative estimate of drug-likeness (QED) is 0.646. The van der Waals surface area contributed by atoms with E-state index in [0.717, 1.165) is 41.8 Å². The molecule has 0 aromatic heterocycles. The minimum absolute atomic E-state index is 0.0124. The zero-order valence-corrected chi connectivity index (χ0v) is 17.2. The molecule has 0 aliphatic heterocycles. The Morgan fingerprint density at radius 3 is 2.43 bits per heavy atom. The molecule has 0 fully saturated rings. The van der Waals surface area contributed by atoms with Crippen LogP contribution in [0.1, 0.15) is 47.7 Å². The minimum atomic E-state index is -0.222. The van der Waals surface area contributed by atoms with Crippen molar-refractivity contribution < 1.29 is 14.3 Å². The number of aryl methyl sites for hydroxylation is 1. The maximum absolute atomic E-state index is 12.6. The molecule has 0 radical (unpaired) electrons. The average molecular weight is 383 g/mol. The minimum Gasteiger partial charge on any atom is -0.494 e. The van der Waals surface area contributed by atoms with E-state index in [1.165, 1.54) is 4.90 Å². The first-order valence-corrected chi connectivity index (χ1v) is 9.76. The average Bonchev–Trinajstić information content (AvgIpc) is 2.68. The fourth-order valence-corrected chi connectivity index (χ4v) is 2.82. The molecule has 0 saturated heterocycles. The lowest BCUT2D eigenvalue weighted by atomic mass is 10.1. The van der Waals surface area contributed by atoms with E-state index in [9.17, 15) is 9.59 Å². The molecule has 2 aromatic carbocycles. The second-order valence-corrected chi connectivity index (χ2v) is 7.04. The Labute approximate surface area is 167 Å². The van der Waals surface area contributed by atoms with E-state index in [-0.39, 0.29) is 18.4 Å². The summed E-state index contributed by atoms with van der Waals surface area (Å²) in [4.78, 5) is 26.3. The van der Waals surface area contributed by atoms with Gasteiger partial charge in [0, 0.05) is 18.3 Å². The fraction of sp³-hybridized carbons (Fsp3) is 0.391. The van der Waals surface area contributed by atoms with Crippen molar-refractivity contribution in [3.8, 4) is 5.75 Å². The third kappa shape index (κ3) is 6.12. The topological polar surface area (TPSA) is 58.6 Å². The largest absolute Gasteiger partial charge is 0.494 e. The van der Waals surface area contributed by atoms with Gasteiger partial charge < -0.3 is 15.0 Å². The van der Waals surface area contributed by atoms with Gasteiger partial charge in [-0.2, -0.15) is 0 Å². The smallest absolute Gasteiger partial charge is 0.254 e. The fourth-order valence-electron chi connectivity index (χ4n) is 2.82. The Morgan fingerprint density at radius 1 is 1.04 bits per heavy atom. The molecule has 0 aliphatic rings. The van der Waals surface area contributed by atoms with E-state index in [2.05, 4.69) is 12.2 Å². The highest BCUT2D eigenvalue weighted by Crippen LogP contribution is 2.18. The molecule has 2 rings (SSSR count). The van der Waals surface area contributed by atoms with Crippen LogP contribution in [0.15, 0.2) is 42.5 Å². The highest BCUT2D eigenvalue weighted by atomic mass is 16.5. The molecule has 1 N–H and O–H groups in total. The number of likely N-dealkylation sites (N-methyl/N-ethyl adjacent to an activating group) is 1. The number of carbonyl (C=O) groups excluding carboxylic acids is 2. The van der Waals surface area contributed by atoms with Crippen LogP contribution in [0.2, 0.25) is 0 Å². The summed E-state index contributed by atoms with van der Waals surface area (Å²) in [6.07, 6.45) is 3.32. The number of amides is 2. The molecule has 2 aromatic rings. The Bertz CT molecular complexity index is 800. The van der Waals surface area contributed by atoms with Crippen molar-refractivity contribution in [2.45, 2.75) is 40.0 Å². The molecule has 0 atom stereocenters. The molecule has 0 heterocycles. The Hall–Kier alpha value is -2.82. The molecule has 28 heavy (non-hydrogen) atoms. The Morgan fingerprint density at radius 2 is 1.75 bits per heavy atom. The van der Waals surface area contributed by atoms with Crippen LogP contribution in [-0.4, -0.2) is 36.9 Å². The normalized spacial score (nSPS) is 10.4. The van der Waals surface area contributed by atoms with Crippen molar-refractivity contribution in [3.05, 3.63) is 59.2 Å². The summed E-state index contributed by atoms with van der Waals surface area (Å²) >= 11 is 0. The number of carbonyl (C=O) groups is 2. The van der Waals surface area contributed by atoms with Crippen LogP contribution in [-0.2, 0) is 4.79 Å². The van der Waals surface area contributed by atoms with Crippen LogP contribution >= 0.6 is 0 Å². The van der Waals surface area contributed by atoms with Crippen LogP contribution in [0.4, 0.5) is 5.69 Å². The lowest BCUT2D eigenvalue weighted by molar-refractivity contribution is -0.116. The van der Waals surface area contributed by atoms with Gasteiger partial charge >= 0.3 is 0 Å². The molecule has 5 heteroatoms. The Kier molecular flexibility index (Phi) is 8.05. The summed E-state index contributed by atoms with van der Waals surface area (Å²) in [6, 6.07) is 12.8. The summed E-state index contributed by atoms with van der Waals surface area (Å²) in [5.41, 5.74) is 3.44. The van der Waals surface area contributed by atoms with Crippen LogP contribution in [0.3, 0.4) is 0 Å². The van der Waals surface area contributed by atoms with E-state index in [1.54, 1.807) is 31.3 Å². The number of rotatable bonds is 9. The van der Waals surface area contributed by atoms with E-state index in [0.29, 0.717) is 12.2 Å². The number of unbranched alkanes of at least 4 members (excludes halogenated alkanes) is 2. The summed E-state index contributed by atoms with van der Waals surface area (Å²) in [6.45, 7) is 6.78. The third-order valence-electron chi connectivity index (χ3n) is 4.72. The molecule has 2 amide bonds. The SMILES string of the molecule is CCCCCOc1ccc(C(=O)N(C)CC(=O)Nc2cccc(C)c2C)cc1. The van der Waals surface area contributed by atoms with Gasteiger partial charge in [-0.1, -0.05) is 31.9 Å². The van der Waals surface area contributed by atoms with Crippen LogP contribution in [0, 0.1) is 13.8 Å². The number of ether oxygens (including phenoxy) is 1. The lowest BCUT2D eigenvalue weighted by Gasteiger charge is -2.18. The number of benzene rings is 2. The maximum atomic E-state index is 12.6. The second-order valence-electron chi connectivity index (χ2n) is 7.04. The summed E-state index contributed by atoms with van der Waals surface area (Å²) in [5, 5.41) is 2.88. The molecular formula is C23H30N2O3. The summed E-state index contributed by atoms with van der Waals surface area (Å²) < 4.78 is 5.67. The van der Waals surface area contributed by atoms with Gasteiger partial charge in [0.1, 0.15) is 5.75 Å². The van der Waals surface area contributed by atoms with Crippen LogP contribution < -0.4 is 10.1 Å². The number of anilines is 1. The van der Waals surface area contributed by atoms with Gasteiger partial charge in [0.2, 0.25) is 5.91 Å². The lowest BCUT2D eigenvalue weighted by Crippen LogP contribution is -2.35. The number of hydrogen-bond acceptors (Lipinski definition) is 3. The molecule has 150 valence electrons. The van der Waals surface area contributed by atoms with Gasteiger partial charge in [0.25, 0.3) is 5.91 Å². The van der Waals surface area contributed by atoms with Crippen LogP contribution in [0.25, 0.3) is 0 Å². The van der Waals surface area contributed by atoms with Crippen LogP contribution in [0.5, 0.6) is 5.75 Å². The first-order valence-electron chi connectivity index (χ1n) is 9.76. The van der Waals surface area contributed by atoms with Gasteiger partial charge in [-0.05, 0) is 61.7 Å². The highest BCUT2D eigenvalue weighted by molar-refractivity contribution is 5.99. The zero-order valence-electron chi connectivity index (χ0n) is 17.2. The number of nitrogens with one attached hydrogen (secondary N) is 1. The predicted molar refractivity (Wildman–Crippen MR) is 113 cm³/mol. The van der Waals surface area contributed by atoms with E-state index < -0.39 is 0 Å². The maximum Gasteiger partial charge on any atom is 0.254 e. The standard InChI is InChI=1S/C23H30N2O3/c1-5-6-7-15-28-20-13-11-19(12-14-20)23(27)25(4)16-22(26)24-21-10-8-9-17(2)18(21)3/h8-14H,5-7,15-16H2,1-4H3,(H,24,26). The molecule has 0 bridgehead atoms. The first-order chi connectivity index (χ1) is 13.4. The summed E-state index contributed by atoms with van der Waals surface area (Å²) in [5.74, 6) is 0.331. The van der Waals surface area contributed by atoms with Crippen molar-refractivity contribution in [3.63, 3.8) is 0 Å². The van der Waals surface area contributed by atoms with Crippen molar-refractivity contribution >= 4 is 17.5 Å². The third-order valence-corrected chi connectivity index (χ3v) is 4.72. The molecule has 5 nitrogen and oxygen atoms in total. The van der Waals surface area contributed by atoms with Crippen molar-refractivity contribution in [1.29, 1.82) is 0 Å².